The van der Waals surface area contributed by atoms with E-state index in [0.29, 0.717) is 18.4 Å². The molecule has 0 aromatic carbocycles. The van der Waals surface area contributed by atoms with E-state index in [4.69, 9.17) is 5.11 Å². The normalized spacial score (nSPS) is 23.1. The van der Waals surface area contributed by atoms with Gasteiger partial charge in [0.25, 0.3) is 0 Å². The number of sulfone groups is 1. The summed E-state index contributed by atoms with van der Waals surface area (Å²) < 4.78 is 23.4. The highest BCUT2D eigenvalue weighted by Crippen LogP contribution is 2.35. The summed E-state index contributed by atoms with van der Waals surface area (Å²) in [5.41, 5.74) is 0.345. The molecule has 2 heterocycles. The van der Waals surface area contributed by atoms with Gasteiger partial charge in [0.2, 0.25) is 0 Å². The van der Waals surface area contributed by atoms with Crippen LogP contribution in [0.15, 0.2) is 18.5 Å². The summed E-state index contributed by atoms with van der Waals surface area (Å²) in [4.78, 5) is 14.7. The van der Waals surface area contributed by atoms with Gasteiger partial charge < -0.3 is 5.11 Å². The van der Waals surface area contributed by atoms with E-state index in [9.17, 15) is 13.2 Å². The van der Waals surface area contributed by atoms with Gasteiger partial charge in [0.05, 0.1) is 16.6 Å². The van der Waals surface area contributed by atoms with Crippen LogP contribution < -0.4 is 0 Å². The first-order chi connectivity index (χ1) is 7.52. The number of aromatic nitrogens is 1. The highest BCUT2D eigenvalue weighted by atomic mass is 32.2. The Balaban J connectivity index is 2.52. The molecule has 1 aromatic heterocycles. The van der Waals surface area contributed by atoms with E-state index in [1.54, 1.807) is 0 Å². The summed E-state index contributed by atoms with van der Waals surface area (Å²) in [5.74, 6) is -0.996. The third-order valence-corrected chi connectivity index (χ3v) is 4.98. The van der Waals surface area contributed by atoms with Gasteiger partial charge in [-0.25, -0.2) is 13.2 Å². The molecule has 1 saturated heterocycles. The Hall–Kier alpha value is -1.43. The van der Waals surface area contributed by atoms with Crippen LogP contribution in [0.3, 0.4) is 0 Å². The molecule has 5 nitrogen and oxygen atoms in total. The molecule has 1 aliphatic heterocycles. The van der Waals surface area contributed by atoms with Crippen LogP contribution in [0.25, 0.3) is 0 Å². The average Bonchev–Trinajstić information content (AvgIpc) is 2.58. The molecule has 1 unspecified atom stereocenters. The van der Waals surface area contributed by atoms with Crippen molar-refractivity contribution < 1.29 is 18.3 Å². The minimum Gasteiger partial charge on any atom is -0.478 e. The molecule has 16 heavy (non-hydrogen) atoms. The zero-order chi connectivity index (χ0) is 11.8. The van der Waals surface area contributed by atoms with Crippen molar-refractivity contribution in [3.05, 3.63) is 29.6 Å². The maximum Gasteiger partial charge on any atom is 0.337 e. The van der Waals surface area contributed by atoms with E-state index in [2.05, 4.69) is 4.98 Å². The molecule has 6 heteroatoms. The molecule has 0 bridgehead atoms. The molecule has 1 fully saturated rings. The predicted molar refractivity (Wildman–Crippen MR) is 57.0 cm³/mol. The van der Waals surface area contributed by atoms with Gasteiger partial charge >= 0.3 is 5.97 Å². The maximum atomic E-state index is 11.7. The molecule has 1 aromatic rings. The van der Waals surface area contributed by atoms with Crippen LogP contribution in [-0.2, 0) is 9.84 Å². The van der Waals surface area contributed by atoms with E-state index in [1.807, 2.05) is 0 Å². The fraction of sp³-hybridized carbons (Fsp3) is 0.400. The zero-order valence-electron chi connectivity index (χ0n) is 8.46. The van der Waals surface area contributed by atoms with Gasteiger partial charge in [0.1, 0.15) is 0 Å². The minimum absolute atomic E-state index is 0.0158. The summed E-state index contributed by atoms with van der Waals surface area (Å²) >= 11 is 0. The van der Waals surface area contributed by atoms with E-state index in [-0.39, 0.29) is 11.3 Å². The molecule has 1 aliphatic rings. The second-order valence-corrected chi connectivity index (χ2v) is 6.07. The van der Waals surface area contributed by atoms with Gasteiger partial charge in [-0.05, 0) is 24.5 Å². The Morgan fingerprint density at radius 1 is 1.50 bits per heavy atom. The molecular formula is C10H11NO4S. The van der Waals surface area contributed by atoms with Crippen LogP contribution in [0.2, 0.25) is 0 Å². The Bertz CT molecular complexity index is 523. The lowest BCUT2D eigenvalue weighted by Crippen LogP contribution is -2.13. The van der Waals surface area contributed by atoms with Crippen molar-refractivity contribution >= 4 is 15.8 Å². The van der Waals surface area contributed by atoms with E-state index < -0.39 is 21.1 Å². The Labute approximate surface area is 93.1 Å². The summed E-state index contributed by atoms with van der Waals surface area (Å²) in [6.45, 7) is 0. The molecule has 0 aliphatic carbocycles. The minimum atomic E-state index is -3.19. The fourth-order valence-corrected chi connectivity index (χ4v) is 3.98. The molecule has 0 spiro atoms. The molecule has 2 rings (SSSR count). The lowest BCUT2D eigenvalue weighted by molar-refractivity contribution is 0.0695. The van der Waals surface area contributed by atoms with Crippen LogP contribution in [0.1, 0.15) is 34.0 Å². The number of hydrogen-bond acceptors (Lipinski definition) is 4. The van der Waals surface area contributed by atoms with Crippen LogP contribution in [0.4, 0.5) is 0 Å². The zero-order valence-corrected chi connectivity index (χ0v) is 9.27. The first-order valence-corrected chi connectivity index (χ1v) is 6.62. The van der Waals surface area contributed by atoms with E-state index in [0.717, 1.165) is 0 Å². The monoisotopic (exact) mass is 241 g/mol. The van der Waals surface area contributed by atoms with Crippen LogP contribution in [-0.4, -0.2) is 30.2 Å². The summed E-state index contributed by atoms with van der Waals surface area (Å²) in [7, 11) is -3.19. The van der Waals surface area contributed by atoms with Crippen molar-refractivity contribution in [1.29, 1.82) is 0 Å². The number of aromatic carboxylic acids is 1. The molecule has 0 radical (unpaired) electrons. The van der Waals surface area contributed by atoms with Crippen molar-refractivity contribution in [3.8, 4) is 0 Å². The van der Waals surface area contributed by atoms with Crippen molar-refractivity contribution in [1.82, 2.24) is 4.98 Å². The molecule has 0 amide bonds. The number of hydrogen-bond donors (Lipinski definition) is 1. The topological polar surface area (TPSA) is 84.3 Å². The first kappa shape index (κ1) is 11.1. The molecule has 86 valence electrons. The number of carboxylic acids is 1. The summed E-state index contributed by atoms with van der Waals surface area (Å²) in [6.07, 6.45) is 3.71. The number of nitrogens with zero attached hydrogens (tertiary/aromatic N) is 1. The third-order valence-electron chi connectivity index (χ3n) is 2.76. The quantitative estimate of drug-likeness (QED) is 0.835. The highest BCUT2D eigenvalue weighted by Gasteiger charge is 2.34. The Kier molecular flexibility index (Phi) is 2.67. The van der Waals surface area contributed by atoms with Crippen molar-refractivity contribution in [2.24, 2.45) is 0 Å². The Morgan fingerprint density at radius 3 is 2.81 bits per heavy atom. The second-order valence-electron chi connectivity index (χ2n) is 3.77. The van der Waals surface area contributed by atoms with Gasteiger partial charge in [-0.2, -0.15) is 0 Å². The predicted octanol–water partition coefficient (Wildman–Crippen LogP) is 1.03. The number of pyridine rings is 1. The van der Waals surface area contributed by atoms with E-state index >= 15 is 0 Å². The molecular weight excluding hydrogens is 230 g/mol. The highest BCUT2D eigenvalue weighted by molar-refractivity contribution is 7.91. The Morgan fingerprint density at radius 2 is 2.25 bits per heavy atom. The third kappa shape index (κ3) is 1.80. The second kappa shape index (κ2) is 3.86. The SMILES string of the molecule is O=C(O)c1cnccc1C1CCCS1(=O)=O. The number of rotatable bonds is 2. The summed E-state index contributed by atoms with van der Waals surface area (Å²) in [5, 5.41) is 8.28. The van der Waals surface area contributed by atoms with Gasteiger partial charge in [-0.15, -0.1) is 0 Å². The van der Waals surface area contributed by atoms with Gasteiger partial charge in [0.15, 0.2) is 9.84 Å². The number of carboxylic acid groups (broad SMARTS) is 1. The smallest absolute Gasteiger partial charge is 0.337 e. The molecule has 0 saturated carbocycles. The molecule has 1 N–H and O–H groups in total. The molecule has 1 atom stereocenters. The summed E-state index contributed by atoms with van der Waals surface area (Å²) in [6, 6.07) is 1.48. The number of carbonyl (C=O) groups is 1. The lowest BCUT2D eigenvalue weighted by atomic mass is 10.0. The van der Waals surface area contributed by atoms with Crippen molar-refractivity contribution in [2.45, 2.75) is 18.1 Å². The van der Waals surface area contributed by atoms with Gasteiger partial charge in [-0.3, -0.25) is 4.98 Å². The van der Waals surface area contributed by atoms with Crippen LogP contribution in [0, 0.1) is 0 Å². The van der Waals surface area contributed by atoms with Crippen LogP contribution in [0.5, 0.6) is 0 Å². The van der Waals surface area contributed by atoms with Gasteiger partial charge in [-0.1, -0.05) is 0 Å². The van der Waals surface area contributed by atoms with Crippen molar-refractivity contribution in [3.63, 3.8) is 0 Å². The maximum absolute atomic E-state index is 11.7. The van der Waals surface area contributed by atoms with Crippen LogP contribution >= 0.6 is 0 Å². The lowest BCUT2D eigenvalue weighted by Gasteiger charge is -2.11. The standard InChI is InChI=1S/C10H11NO4S/c12-10(13)8-6-11-4-3-7(8)9-2-1-5-16(9,14)15/h3-4,6,9H,1-2,5H2,(H,12,13). The fourth-order valence-electron chi connectivity index (χ4n) is 2.01. The first-order valence-electron chi connectivity index (χ1n) is 4.91. The van der Waals surface area contributed by atoms with Gasteiger partial charge in [0, 0.05) is 12.4 Å². The average molecular weight is 241 g/mol. The van der Waals surface area contributed by atoms with Crippen molar-refractivity contribution in [2.75, 3.05) is 5.75 Å². The van der Waals surface area contributed by atoms with E-state index in [1.165, 1.54) is 18.5 Å². The largest absolute Gasteiger partial charge is 0.478 e.